The summed E-state index contributed by atoms with van der Waals surface area (Å²) >= 11 is 0. The van der Waals surface area contributed by atoms with Gasteiger partial charge in [-0.3, -0.25) is 4.79 Å². The molecule has 0 spiro atoms. The second kappa shape index (κ2) is 7.08. The van der Waals surface area contributed by atoms with E-state index >= 15 is 0 Å². The van der Waals surface area contributed by atoms with Crippen molar-refractivity contribution < 1.29 is 14.1 Å². The van der Waals surface area contributed by atoms with E-state index in [0.29, 0.717) is 31.2 Å². The van der Waals surface area contributed by atoms with Crippen LogP contribution >= 0.6 is 0 Å². The largest absolute Gasteiger partial charge is 0.471 e. The van der Waals surface area contributed by atoms with E-state index in [0.717, 1.165) is 23.5 Å². The number of aromatic nitrogens is 3. The molecule has 8 heteroatoms. The van der Waals surface area contributed by atoms with Gasteiger partial charge in [0.1, 0.15) is 11.9 Å². The standard InChI is InChI=1S/C17H23N5O3/c1-11-14(12(2)25-20-11)9-17(23)22-8-7-13(10-22)24-16-6-5-15(18-19-16)21(3)4/h5-6,13H,7-10H2,1-4H3. The Morgan fingerprint density at radius 1 is 1.36 bits per heavy atom. The average molecular weight is 345 g/mol. The molecular formula is C17H23N5O3. The van der Waals surface area contributed by atoms with Crippen LogP contribution in [0.2, 0.25) is 0 Å². The maximum absolute atomic E-state index is 12.5. The van der Waals surface area contributed by atoms with Gasteiger partial charge in [0.25, 0.3) is 0 Å². The smallest absolute Gasteiger partial charge is 0.233 e. The summed E-state index contributed by atoms with van der Waals surface area (Å²) in [5, 5.41) is 12.1. The molecule has 134 valence electrons. The Labute approximate surface area is 146 Å². The van der Waals surface area contributed by atoms with Crippen LogP contribution in [-0.4, -0.2) is 59.4 Å². The van der Waals surface area contributed by atoms with E-state index in [1.807, 2.05) is 43.8 Å². The lowest BCUT2D eigenvalue weighted by molar-refractivity contribution is -0.129. The van der Waals surface area contributed by atoms with Crippen LogP contribution in [-0.2, 0) is 11.2 Å². The van der Waals surface area contributed by atoms with E-state index in [9.17, 15) is 4.79 Å². The number of rotatable bonds is 5. The lowest BCUT2D eigenvalue weighted by atomic mass is 10.1. The highest BCUT2D eigenvalue weighted by atomic mass is 16.5. The molecule has 2 aromatic heterocycles. The van der Waals surface area contributed by atoms with Gasteiger partial charge in [-0.15, -0.1) is 10.2 Å². The monoisotopic (exact) mass is 345 g/mol. The summed E-state index contributed by atoms with van der Waals surface area (Å²) in [7, 11) is 3.81. The normalized spacial score (nSPS) is 17.0. The van der Waals surface area contributed by atoms with Crippen LogP contribution in [0.5, 0.6) is 5.88 Å². The Hall–Kier alpha value is -2.64. The number of carbonyl (C=O) groups is 1. The van der Waals surface area contributed by atoms with Gasteiger partial charge in [0, 0.05) is 38.7 Å². The molecular weight excluding hydrogens is 322 g/mol. The summed E-state index contributed by atoms with van der Waals surface area (Å²) < 4.78 is 11.0. The van der Waals surface area contributed by atoms with Gasteiger partial charge in [0.15, 0.2) is 5.82 Å². The number of likely N-dealkylation sites (tertiary alicyclic amines) is 1. The molecule has 1 unspecified atom stereocenters. The highest BCUT2D eigenvalue weighted by Gasteiger charge is 2.29. The van der Waals surface area contributed by atoms with Crippen molar-refractivity contribution in [2.45, 2.75) is 32.8 Å². The maximum atomic E-state index is 12.5. The summed E-state index contributed by atoms with van der Waals surface area (Å²) in [5.41, 5.74) is 1.65. The summed E-state index contributed by atoms with van der Waals surface area (Å²) in [6.45, 7) is 4.91. The first-order valence-electron chi connectivity index (χ1n) is 8.31. The fourth-order valence-corrected chi connectivity index (χ4v) is 2.85. The highest BCUT2D eigenvalue weighted by molar-refractivity contribution is 5.79. The zero-order valence-electron chi connectivity index (χ0n) is 15.0. The van der Waals surface area contributed by atoms with Crippen molar-refractivity contribution in [1.82, 2.24) is 20.3 Å². The SMILES string of the molecule is Cc1noc(C)c1CC(=O)N1CCC(Oc2ccc(N(C)C)nn2)C1. The Balaban J connectivity index is 1.55. The van der Waals surface area contributed by atoms with E-state index in [1.165, 1.54) is 0 Å². The van der Waals surface area contributed by atoms with Crippen LogP contribution in [0, 0.1) is 13.8 Å². The third kappa shape index (κ3) is 3.89. The first kappa shape index (κ1) is 17.2. The van der Waals surface area contributed by atoms with Crippen molar-refractivity contribution >= 4 is 11.7 Å². The number of aryl methyl sites for hydroxylation is 2. The second-order valence-corrected chi connectivity index (χ2v) is 6.47. The van der Waals surface area contributed by atoms with Gasteiger partial charge in [-0.25, -0.2) is 0 Å². The molecule has 1 aliphatic heterocycles. The molecule has 8 nitrogen and oxygen atoms in total. The summed E-state index contributed by atoms with van der Waals surface area (Å²) in [6.07, 6.45) is 1.03. The lowest BCUT2D eigenvalue weighted by Crippen LogP contribution is -2.32. The number of nitrogens with zero attached hydrogens (tertiary/aromatic N) is 5. The van der Waals surface area contributed by atoms with Gasteiger partial charge in [0.05, 0.1) is 18.7 Å². The summed E-state index contributed by atoms with van der Waals surface area (Å²) in [4.78, 5) is 16.2. The van der Waals surface area contributed by atoms with Crippen molar-refractivity contribution in [1.29, 1.82) is 0 Å². The fourth-order valence-electron chi connectivity index (χ4n) is 2.85. The first-order chi connectivity index (χ1) is 11.9. The first-order valence-corrected chi connectivity index (χ1v) is 8.31. The molecule has 1 fully saturated rings. The molecule has 0 radical (unpaired) electrons. The molecule has 3 rings (SSSR count). The van der Waals surface area contributed by atoms with Crippen molar-refractivity contribution in [3.8, 4) is 5.88 Å². The lowest BCUT2D eigenvalue weighted by Gasteiger charge is -2.17. The van der Waals surface area contributed by atoms with Crippen molar-refractivity contribution in [3.05, 3.63) is 29.2 Å². The molecule has 1 aliphatic rings. The quantitative estimate of drug-likeness (QED) is 0.809. The predicted octanol–water partition coefficient (Wildman–Crippen LogP) is 1.37. The van der Waals surface area contributed by atoms with E-state index in [-0.39, 0.29) is 12.0 Å². The topological polar surface area (TPSA) is 84.6 Å². The maximum Gasteiger partial charge on any atom is 0.233 e. The molecule has 2 aromatic rings. The number of anilines is 1. The zero-order valence-corrected chi connectivity index (χ0v) is 15.0. The molecule has 1 atom stereocenters. The number of amides is 1. The van der Waals surface area contributed by atoms with Gasteiger partial charge in [-0.1, -0.05) is 5.16 Å². The van der Waals surface area contributed by atoms with Gasteiger partial charge in [-0.05, 0) is 19.9 Å². The van der Waals surface area contributed by atoms with Gasteiger partial charge in [0.2, 0.25) is 11.8 Å². The van der Waals surface area contributed by atoms with Crippen molar-refractivity contribution in [2.75, 3.05) is 32.1 Å². The Morgan fingerprint density at radius 3 is 2.76 bits per heavy atom. The highest BCUT2D eigenvalue weighted by Crippen LogP contribution is 2.20. The van der Waals surface area contributed by atoms with Crippen LogP contribution in [0.25, 0.3) is 0 Å². The Morgan fingerprint density at radius 2 is 2.16 bits per heavy atom. The van der Waals surface area contributed by atoms with Crippen LogP contribution in [0.1, 0.15) is 23.4 Å². The second-order valence-electron chi connectivity index (χ2n) is 6.47. The minimum absolute atomic E-state index is 0.0619. The molecule has 1 amide bonds. The summed E-state index contributed by atoms with van der Waals surface area (Å²) in [6, 6.07) is 3.66. The summed E-state index contributed by atoms with van der Waals surface area (Å²) in [5.74, 6) is 2.02. The van der Waals surface area contributed by atoms with Crippen molar-refractivity contribution in [2.24, 2.45) is 0 Å². The number of hydrogen-bond donors (Lipinski definition) is 0. The van der Waals surface area contributed by atoms with Crippen LogP contribution < -0.4 is 9.64 Å². The fraction of sp³-hybridized carbons (Fsp3) is 0.529. The van der Waals surface area contributed by atoms with Gasteiger partial charge >= 0.3 is 0 Å². The molecule has 0 aromatic carbocycles. The average Bonchev–Trinajstić information content (AvgIpc) is 3.17. The van der Waals surface area contributed by atoms with E-state index in [4.69, 9.17) is 9.26 Å². The predicted molar refractivity (Wildman–Crippen MR) is 91.7 cm³/mol. The molecule has 0 saturated carbocycles. The van der Waals surface area contributed by atoms with E-state index in [2.05, 4.69) is 15.4 Å². The molecule has 3 heterocycles. The number of ether oxygens (including phenoxy) is 1. The van der Waals surface area contributed by atoms with Crippen molar-refractivity contribution in [3.63, 3.8) is 0 Å². The molecule has 1 saturated heterocycles. The van der Waals surface area contributed by atoms with Gasteiger partial charge < -0.3 is 19.1 Å². The molecule has 0 N–H and O–H groups in total. The van der Waals surface area contributed by atoms with Crippen LogP contribution in [0.3, 0.4) is 0 Å². The molecule has 0 bridgehead atoms. The minimum atomic E-state index is -0.0619. The third-order valence-electron chi connectivity index (χ3n) is 4.38. The Kier molecular flexibility index (Phi) is 4.87. The molecule has 25 heavy (non-hydrogen) atoms. The van der Waals surface area contributed by atoms with E-state index < -0.39 is 0 Å². The van der Waals surface area contributed by atoms with Gasteiger partial charge in [-0.2, -0.15) is 0 Å². The Bertz CT molecular complexity index is 722. The van der Waals surface area contributed by atoms with Crippen LogP contribution in [0.15, 0.2) is 16.7 Å². The number of carbonyl (C=O) groups excluding carboxylic acids is 1. The molecule has 0 aliphatic carbocycles. The van der Waals surface area contributed by atoms with Crippen LogP contribution in [0.4, 0.5) is 5.82 Å². The third-order valence-corrected chi connectivity index (χ3v) is 4.38. The van der Waals surface area contributed by atoms with E-state index in [1.54, 1.807) is 6.07 Å². The number of hydrogen-bond acceptors (Lipinski definition) is 7. The minimum Gasteiger partial charge on any atom is -0.471 e. The zero-order chi connectivity index (χ0) is 18.0.